The van der Waals surface area contributed by atoms with Crippen molar-refractivity contribution in [3.05, 3.63) is 94.1 Å². The Kier molecular flexibility index (Phi) is 8.35. The summed E-state index contributed by atoms with van der Waals surface area (Å²) in [4.78, 5) is 11.7. The molecule has 2 heterocycles. The second kappa shape index (κ2) is 11.2. The van der Waals surface area contributed by atoms with Crippen molar-refractivity contribution in [2.75, 3.05) is 25.0 Å². The Morgan fingerprint density at radius 1 is 1.09 bits per heavy atom. The molecule has 0 saturated heterocycles. The van der Waals surface area contributed by atoms with Crippen LogP contribution in [0.1, 0.15) is 22.4 Å². The molecule has 2 aromatic carbocycles. The van der Waals surface area contributed by atoms with Crippen LogP contribution in [0.4, 0.5) is 5.69 Å². The molecule has 0 aliphatic carbocycles. The number of nitrogens with zero attached hydrogens (tertiary/aromatic N) is 4. The predicted molar refractivity (Wildman–Crippen MR) is 137 cm³/mol. The topological polar surface area (TPSA) is 52.3 Å². The number of aliphatic imine (C=N–C) groups is 1. The predicted octanol–water partition coefficient (Wildman–Crippen LogP) is 6.27. The van der Waals surface area contributed by atoms with Gasteiger partial charge in [-0.2, -0.15) is 5.26 Å². The monoisotopic (exact) mass is 480 g/mol. The fraction of sp³-hybridized carbons (Fsp3) is 0.160. The summed E-state index contributed by atoms with van der Waals surface area (Å²) in [6, 6.07) is 22.0. The molecule has 3 aromatic rings. The van der Waals surface area contributed by atoms with Gasteiger partial charge in [-0.15, -0.1) is 24.2 Å². The minimum absolute atomic E-state index is 0. The molecule has 0 saturated carbocycles. The molecule has 4 rings (SSSR count). The molecule has 32 heavy (non-hydrogen) atoms. The Hall–Kier alpha value is -2.78. The molecule has 0 spiro atoms. The second-order valence-electron chi connectivity index (χ2n) is 7.15. The molecule has 0 fully saturated rings. The number of aromatic nitrogens is 1. The molecule has 1 aliphatic rings. The van der Waals surface area contributed by atoms with Crippen LogP contribution in [0.15, 0.2) is 76.8 Å². The molecule has 4 nitrogen and oxygen atoms in total. The first-order chi connectivity index (χ1) is 15.1. The first-order valence-electron chi connectivity index (χ1n) is 9.95. The van der Waals surface area contributed by atoms with E-state index >= 15 is 0 Å². The fourth-order valence-electron chi connectivity index (χ4n) is 3.33. The summed E-state index contributed by atoms with van der Waals surface area (Å²) in [7, 11) is 2.09. The quantitative estimate of drug-likeness (QED) is 0.403. The summed E-state index contributed by atoms with van der Waals surface area (Å²) in [5.41, 5.74) is 5.75. The number of halogens is 2. The number of nitriles is 1. The molecule has 162 valence electrons. The van der Waals surface area contributed by atoms with E-state index in [0.717, 1.165) is 46.4 Å². The number of hydrogen-bond acceptors (Lipinski definition) is 5. The van der Waals surface area contributed by atoms with Gasteiger partial charge in [-0.25, -0.2) is 4.98 Å². The lowest BCUT2D eigenvalue weighted by Crippen LogP contribution is -2.20. The van der Waals surface area contributed by atoms with Crippen molar-refractivity contribution in [2.24, 2.45) is 4.99 Å². The summed E-state index contributed by atoms with van der Waals surface area (Å²) in [5.74, 6) is 0.721. The molecule has 0 radical (unpaired) electrons. The van der Waals surface area contributed by atoms with Crippen LogP contribution in [0.3, 0.4) is 0 Å². The summed E-state index contributed by atoms with van der Waals surface area (Å²) >= 11 is 7.51. The van der Waals surface area contributed by atoms with Crippen LogP contribution in [0.2, 0.25) is 5.02 Å². The van der Waals surface area contributed by atoms with E-state index < -0.39 is 0 Å². The SMILES string of the molecule is CN1CCN=C(/C=C/c2ccc(C#N)c(SCc3ccc(Cl)cc3)n2)c2ccccc21.Cl. The molecular weight excluding hydrogens is 459 g/mol. The van der Waals surface area contributed by atoms with E-state index in [1.807, 2.05) is 60.7 Å². The normalized spacial score (nSPS) is 13.0. The number of benzene rings is 2. The lowest BCUT2D eigenvalue weighted by atomic mass is 10.1. The van der Waals surface area contributed by atoms with E-state index in [4.69, 9.17) is 21.6 Å². The molecule has 1 aromatic heterocycles. The number of rotatable bonds is 5. The summed E-state index contributed by atoms with van der Waals surface area (Å²) in [5, 5.41) is 10.9. The van der Waals surface area contributed by atoms with E-state index in [0.29, 0.717) is 10.6 Å². The van der Waals surface area contributed by atoms with E-state index in [1.54, 1.807) is 11.8 Å². The van der Waals surface area contributed by atoms with Crippen LogP contribution in [0.5, 0.6) is 0 Å². The highest BCUT2D eigenvalue weighted by atomic mass is 35.5. The van der Waals surface area contributed by atoms with Gasteiger partial charge in [-0.3, -0.25) is 4.99 Å². The van der Waals surface area contributed by atoms with Gasteiger partial charge < -0.3 is 4.90 Å². The molecule has 0 unspecified atom stereocenters. The van der Waals surface area contributed by atoms with Gasteiger partial charge >= 0.3 is 0 Å². The largest absolute Gasteiger partial charge is 0.372 e. The number of allylic oxidation sites excluding steroid dienone is 1. The maximum absolute atomic E-state index is 9.48. The van der Waals surface area contributed by atoms with Crippen molar-refractivity contribution in [1.29, 1.82) is 5.26 Å². The van der Waals surface area contributed by atoms with E-state index in [1.165, 1.54) is 5.69 Å². The Balaban J connectivity index is 0.00000289. The van der Waals surface area contributed by atoms with Gasteiger partial charge in [0.2, 0.25) is 0 Å². The number of hydrogen-bond donors (Lipinski definition) is 0. The number of fused-ring (bicyclic) bond motifs is 1. The maximum atomic E-state index is 9.48. The lowest BCUT2D eigenvalue weighted by molar-refractivity contribution is 0.897. The standard InChI is InChI=1S/C25H21ClN4S.ClH/c1-30-15-14-28-23(22-4-2-3-5-24(22)30)13-12-21-11-8-19(16-27)25(29-21)31-17-18-6-9-20(26)10-7-18;/h2-13H,14-15,17H2,1H3;1H/b13-12+;. The van der Waals surface area contributed by atoms with Crippen molar-refractivity contribution < 1.29 is 0 Å². The number of thioether (sulfide) groups is 1. The van der Waals surface area contributed by atoms with Crippen LogP contribution in [0.25, 0.3) is 6.08 Å². The third-order valence-corrected chi connectivity index (χ3v) is 6.33. The van der Waals surface area contributed by atoms with Gasteiger partial charge in [-0.1, -0.05) is 41.9 Å². The van der Waals surface area contributed by atoms with Crippen LogP contribution >= 0.6 is 35.8 Å². The smallest absolute Gasteiger partial charge is 0.115 e. The molecule has 0 amide bonds. The molecule has 0 atom stereocenters. The molecule has 0 N–H and O–H groups in total. The average molecular weight is 481 g/mol. The molecule has 1 aliphatic heterocycles. The van der Waals surface area contributed by atoms with Crippen molar-refractivity contribution in [1.82, 2.24) is 4.98 Å². The van der Waals surface area contributed by atoms with Gasteiger partial charge in [0.15, 0.2) is 0 Å². The summed E-state index contributed by atoms with van der Waals surface area (Å²) in [6.45, 7) is 1.63. The lowest BCUT2D eigenvalue weighted by Gasteiger charge is -2.18. The minimum atomic E-state index is 0. The zero-order chi connectivity index (χ0) is 21.6. The van der Waals surface area contributed by atoms with Crippen LogP contribution in [-0.4, -0.2) is 30.8 Å². The first-order valence-corrected chi connectivity index (χ1v) is 11.3. The summed E-state index contributed by atoms with van der Waals surface area (Å²) < 4.78 is 0. The number of benzodiazepines with no additional fused rings is 1. The van der Waals surface area contributed by atoms with Gasteiger partial charge in [0, 0.05) is 35.6 Å². The maximum Gasteiger partial charge on any atom is 0.115 e. The van der Waals surface area contributed by atoms with E-state index in [9.17, 15) is 5.26 Å². The Morgan fingerprint density at radius 3 is 2.66 bits per heavy atom. The zero-order valence-corrected chi connectivity index (χ0v) is 19.9. The zero-order valence-electron chi connectivity index (χ0n) is 17.5. The van der Waals surface area contributed by atoms with Gasteiger partial charge in [-0.05, 0) is 48.0 Å². The molecular formula is C25H22Cl2N4S. The van der Waals surface area contributed by atoms with Gasteiger partial charge in [0.1, 0.15) is 11.1 Å². The van der Waals surface area contributed by atoms with Crippen molar-refractivity contribution in [2.45, 2.75) is 10.8 Å². The second-order valence-corrected chi connectivity index (χ2v) is 8.56. The Labute approximate surface area is 204 Å². The van der Waals surface area contributed by atoms with Gasteiger partial charge in [0.05, 0.1) is 23.5 Å². The third-order valence-electron chi connectivity index (χ3n) is 5.01. The van der Waals surface area contributed by atoms with Crippen molar-refractivity contribution >= 4 is 53.2 Å². The molecule has 7 heteroatoms. The van der Waals surface area contributed by atoms with Crippen LogP contribution < -0.4 is 4.90 Å². The highest BCUT2D eigenvalue weighted by Gasteiger charge is 2.14. The number of para-hydroxylation sites is 1. The van der Waals surface area contributed by atoms with E-state index in [2.05, 4.69) is 30.1 Å². The van der Waals surface area contributed by atoms with E-state index in [-0.39, 0.29) is 12.4 Å². The fourth-order valence-corrected chi connectivity index (χ4v) is 4.39. The molecule has 0 bridgehead atoms. The van der Waals surface area contributed by atoms with Crippen LogP contribution in [-0.2, 0) is 5.75 Å². The first kappa shape index (κ1) is 23.9. The minimum Gasteiger partial charge on any atom is -0.372 e. The van der Waals surface area contributed by atoms with Crippen molar-refractivity contribution in [3.63, 3.8) is 0 Å². The summed E-state index contributed by atoms with van der Waals surface area (Å²) in [6.07, 6.45) is 3.98. The number of anilines is 1. The Morgan fingerprint density at radius 2 is 1.88 bits per heavy atom. The number of pyridine rings is 1. The average Bonchev–Trinajstić information content (AvgIpc) is 2.96. The third kappa shape index (κ3) is 5.72. The highest BCUT2D eigenvalue weighted by Crippen LogP contribution is 2.26. The van der Waals surface area contributed by atoms with Crippen molar-refractivity contribution in [3.8, 4) is 6.07 Å². The van der Waals surface area contributed by atoms with Gasteiger partial charge in [0.25, 0.3) is 0 Å². The van der Waals surface area contributed by atoms with Crippen LogP contribution in [0, 0.1) is 11.3 Å². The number of likely N-dealkylation sites (N-methyl/N-ethyl adjacent to an activating group) is 1. The highest BCUT2D eigenvalue weighted by molar-refractivity contribution is 7.98. The Bertz CT molecular complexity index is 1180.